The maximum absolute atomic E-state index is 14.1. The van der Waals surface area contributed by atoms with Crippen molar-refractivity contribution >= 4 is 5.91 Å². The topological polar surface area (TPSA) is 46.3 Å². The summed E-state index contributed by atoms with van der Waals surface area (Å²) in [7, 11) is 0. The van der Waals surface area contributed by atoms with Crippen LogP contribution in [0.2, 0.25) is 0 Å². The number of rotatable bonds is 4. The second-order valence-corrected chi connectivity index (χ2v) is 5.21. The second-order valence-electron chi connectivity index (χ2n) is 5.21. The van der Waals surface area contributed by atoms with Crippen molar-refractivity contribution in [3.63, 3.8) is 0 Å². The van der Waals surface area contributed by atoms with Crippen LogP contribution in [0.5, 0.6) is 0 Å². The molecule has 1 fully saturated rings. The quantitative estimate of drug-likeness (QED) is 0.904. The third kappa shape index (κ3) is 2.25. The molecule has 1 aromatic carbocycles. The van der Waals surface area contributed by atoms with E-state index in [4.69, 9.17) is 5.73 Å². The van der Waals surface area contributed by atoms with Gasteiger partial charge in [-0.3, -0.25) is 4.79 Å². The molecule has 4 heteroatoms. The van der Waals surface area contributed by atoms with Crippen molar-refractivity contribution in [2.24, 2.45) is 5.73 Å². The molecular weight excluding hydrogens is 243 g/mol. The first-order valence-electron chi connectivity index (χ1n) is 6.85. The third-order valence-electron chi connectivity index (χ3n) is 4.07. The lowest BCUT2D eigenvalue weighted by molar-refractivity contribution is -0.141. The molecule has 0 unspecified atom stereocenters. The molecule has 0 spiro atoms. The summed E-state index contributed by atoms with van der Waals surface area (Å²) < 4.78 is 14.1. The maximum Gasteiger partial charge on any atom is 0.233 e. The molecule has 1 saturated carbocycles. The molecule has 19 heavy (non-hydrogen) atoms. The number of hydrogen-bond acceptors (Lipinski definition) is 2. The SMILES string of the molecule is CCN(CC)C(=O)C1(c2ccccc2F)CC(N)C1. The van der Waals surface area contributed by atoms with Crippen LogP contribution >= 0.6 is 0 Å². The standard InChI is InChI=1S/C15H21FN2O/c1-3-18(4-2)14(19)15(9-11(17)10-15)12-7-5-6-8-13(12)16/h5-8,11H,3-4,9-10,17H2,1-2H3. The van der Waals surface area contributed by atoms with E-state index in [1.165, 1.54) is 6.07 Å². The summed E-state index contributed by atoms with van der Waals surface area (Å²) in [5.74, 6) is -0.306. The minimum Gasteiger partial charge on any atom is -0.342 e. The predicted molar refractivity (Wildman–Crippen MR) is 73.2 cm³/mol. The highest BCUT2D eigenvalue weighted by Gasteiger charge is 2.52. The van der Waals surface area contributed by atoms with Crippen LogP contribution in [0, 0.1) is 5.82 Å². The molecule has 1 aliphatic rings. The van der Waals surface area contributed by atoms with E-state index in [2.05, 4.69) is 0 Å². The van der Waals surface area contributed by atoms with E-state index >= 15 is 0 Å². The molecule has 0 saturated heterocycles. The minimum absolute atomic E-state index is 0.00398. The lowest BCUT2D eigenvalue weighted by atomic mass is 9.60. The van der Waals surface area contributed by atoms with Crippen molar-refractivity contribution in [2.75, 3.05) is 13.1 Å². The molecule has 2 N–H and O–H groups in total. The number of nitrogens with two attached hydrogens (primary N) is 1. The van der Waals surface area contributed by atoms with Crippen LogP contribution in [0.4, 0.5) is 4.39 Å². The summed E-state index contributed by atoms with van der Waals surface area (Å²) in [5, 5.41) is 0. The Balaban J connectivity index is 2.39. The van der Waals surface area contributed by atoms with Gasteiger partial charge in [0.1, 0.15) is 5.82 Å². The van der Waals surface area contributed by atoms with Gasteiger partial charge in [0.25, 0.3) is 0 Å². The van der Waals surface area contributed by atoms with Crippen molar-refractivity contribution in [1.82, 2.24) is 4.90 Å². The normalized spacial score (nSPS) is 25.8. The summed E-state index contributed by atoms with van der Waals surface area (Å²) >= 11 is 0. The Labute approximate surface area is 113 Å². The zero-order valence-electron chi connectivity index (χ0n) is 11.5. The van der Waals surface area contributed by atoms with Crippen LogP contribution in [0.15, 0.2) is 24.3 Å². The van der Waals surface area contributed by atoms with Gasteiger partial charge in [-0.1, -0.05) is 18.2 Å². The fraction of sp³-hybridized carbons (Fsp3) is 0.533. The molecule has 0 atom stereocenters. The Hall–Kier alpha value is -1.42. The molecule has 3 nitrogen and oxygen atoms in total. The Morgan fingerprint density at radius 1 is 1.37 bits per heavy atom. The lowest BCUT2D eigenvalue weighted by Crippen LogP contribution is -2.59. The summed E-state index contributed by atoms with van der Waals surface area (Å²) in [6, 6.07) is 6.53. The molecule has 0 heterocycles. The van der Waals surface area contributed by atoms with Gasteiger partial charge in [0.2, 0.25) is 5.91 Å². The molecule has 0 aromatic heterocycles. The highest BCUT2D eigenvalue weighted by atomic mass is 19.1. The molecule has 104 valence electrons. The van der Waals surface area contributed by atoms with E-state index in [0.29, 0.717) is 31.5 Å². The van der Waals surface area contributed by atoms with E-state index in [0.717, 1.165) is 0 Å². The predicted octanol–water partition coefficient (Wildman–Crippen LogP) is 2.05. The minimum atomic E-state index is -0.753. The molecular formula is C15H21FN2O. The first-order chi connectivity index (χ1) is 9.05. The van der Waals surface area contributed by atoms with E-state index in [9.17, 15) is 9.18 Å². The first kappa shape index (κ1) is 14.0. The van der Waals surface area contributed by atoms with Gasteiger partial charge in [0.15, 0.2) is 0 Å². The smallest absolute Gasteiger partial charge is 0.233 e. The zero-order valence-corrected chi connectivity index (χ0v) is 11.5. The molecule has 0 bridgehead atoms. The number of benzene rings is 1. The van der Waals surface area contributed by atoms with Gasteiger partial charge in [-0.2, -0.15) is 0 Å². The fourth-order valence-electron chi connectivity index (χ4n) is 3.01. The van der Waals surface area contributed by atoms with Crippen LogP contribution in [0.1, 0.15) is 32.3 Å². The van der Waals surface area contributed by atoms with Crippen molar-refractivity contribution in [1.29, 1.82) is 0 Å². The van der Waals surface area contributed by atoms with Crippen molar-refractivity contribution < 1.29 is 9.18 Å². The number of amides is 1. The van der Waals surface area contributed by atoms with Crippen LogP contribution in [-0.4, -0.2) is 29.9 Å². The Bertz CT molecular complexity index is 465. The molecule has 0 aliphatic heterocycles. The van der Waals surface area contributed by atoms with Gasteiger partial charge in [-0.15, -0.1) is 0 Å². The fourth-order valence-corrected chi connectivity index (χ4v) is 3.01. The summed E-state index contributed by atoms with van der Waals surface area (Å²) in [5.41, 5.74) is 5.61. The summed E-state index contributed by atoms with van der Waals surface area (Å²) in [4.78, 5) is 14.5. The Morgan fingerprint density at radius 2 is 1.95 bits per heavy atom. The van der Waals surface area contributed by atoms with Gasteiger partial charge in [-0.25, -0.2) is 4.39 Å². The van der Waals surface area contributed by atoms with Crippen molar-refractivity contribution in [3.05, 3.63) is 35.6 Å². The second kappa shape index (κ2) is 5.29. The van der Waals surface area contributed by atoms with Crippen molar-refractivity contribution in [3.8, 4) is 0 Å². The van der Waals surface area contributed by atoms with E-state index in [1.807, 2.05) is 13.8 Å². The van der Waals surface area contributed by atoms with E-state index in [-0.39, 0.29) is 17.8 Å². The van der Waals surface area contributed by atoms with Gasteiger partial charge in [-0.05, 0) is 32.8 Å². The lowest BCUT2D eigenvalue weighted by Gasteiger charge is -2.47. The van der Waals surface area contributed by atoms with Crippen LogP contribution in [-0.2, 0) is 10.2 Å². The monoisotopic (exact) mass is 264 g/mol. The number of carbonyl (C=O) groups is 1. The number of halogens is 1. The molecule has 1 aliphatic carbocycles. The van der Waals surface area contributed by atoms with Crippen molar-refractivity contribution in [2.45, 2.75) is 38.1 Å². The largest absolute Gasteiger partial charge is 0.342 e. The average Bonchev–Trinajstić information content (AvgIpc) is 2.37. The maximum atomic E-state index is 14.1. The molecule has 1 aromatic rings. The molecule has 1 amide bonds. The van der Waals surface area contributed by atoms with Crippen LogP contribution < -0.4 is 5.73 Å². The first-order valence-corrected chi connectivity index (χ1v) is 6.85. The van der Waals surface area contributed by atoms with Gasteiger partial charge in [0.05, 0.1) is 5.41 Å². The molecule has 2 rings (SSSR count). The van der Waals surface area contributed by atoms with E-state index in [1.54, 1.807) is 23.1 Å². The highest BCUT2D eigenvalue weighted by Crippen LogP contribution is 2.45. The van der Waals surface area contributed by atoms with Gasteiger partial charge < -0.3 is 10.6 Å². The average molecular weight is 264 g/mol. The number of nitrogens with zero attached hydrogens (tertiary/aromatic N) is 1. The van der Waals surface area contributed by atoms with Gasteiger partial charge in [0, 0.05) is 24.7 Å². The van der Waals surface area contributed by atoms with Gasteiger partial charge >= 0.3 is 0 Å². The van der Waals surface area contributed by atoms with Crippen LogP contribution in [0.25, 0.3) is 0 Å². The number of carbonyl (C=O) groups excluding carboxylic acids is 1. The number of hydrogen-bond donors (Lipinski definition) is 1. The van der Waals surface area contributed by atoms with E-state index < -0.39 is 5.41 Å². The Morgan fingerprint density at radius 3 is 2.42 bits per heavy atom. The Kier molecular flexibility index (Phi) is 3.90. The third-order valence-corrected chi connectivity index (χ3v) is 4.07. The molecule has 0 radical (unpaired) electrons. The summed E-state index contributed by atoms with van der Waals surface area (Å²) in [6.07, 6.45) is 1.06. The van der Waals surface area contributed by atoms with Crippen LogP contribution in [0.3, 0.4) is 0 Å². The highest BCUT2D eigenvalue weighted by molar-refractivity contribution is 5.89. The summed E-state index contributed by atoms with van der Waals surface area (Å²) in [6.45, 7) is 5.16. The number of likely N-dealkylation sites (N-methyl/N-ethyl adjacent to an activating group) is 1. The zero-order chi connectivity index (χ0) is 14.0.